The van der Waals surface area contributed by atoms with E-state index in [1.807, 2.05) is 62.4 Å². The van der Waals surface area contributed by atoms with E-state index in [4.69, 9.17) is 13.9 Å². The minimum absolute atomic E-state index is 0.0765. The van der Waals surface area contributed by atoms with E-state index in [-0.39, 0.29) is 11.9 Å². The zero-order valence-electron chi connectivity index (χ0n) is 19.5. The maximum Gasteiger partial charge on any atom is 0.229 e. The first kappa shape index (κ1) is 21.9. The third kappa shape index (κ3) is 5.03. The molecule has 7 nitrogen and oxygen atoms in total. The van der Waals surface area contributed by atoms with Gasteiger partial charge in [0.2, 0.25) is 17.7 Å². The zero-order chi connectivity index (χ0) is 23.7. The van der Waals surface area contributed by atoms with E-state index < -0.39 is 0 Å². The first-order valence-electron chi connectivity index (χ1n) is 11.5. The zero-order valence-corrected chi connectivity index (χ0v) is 19.5. The average Bonchev–Trinajstić information content (AvgIpc) is 3.54. The molecule has 1 amide bonds. The van der Waals surface area contributed by atoms with Gasteiger partial charge in [0.05, 0.1) is 18.2 Å². The normalized spacial score (nSPS) is 14.1. The summed E-state index contributed by atoms with van der Waals surface area (Å²) in [5.41, 5.74) is 4.09. The lowest BCUT2D eigenvalue weighted by atomic mass is 10.1. The van der Waals surface area contributed by atoms with Crippen molar-refractivity contribution >= 4 is 17.0 Å². The summed E-state index contributed by atoms with van der Waals surface area (Å²) in [7, 11) is 0. The molecule has 0 saturated heterocycles. The van der Waals surface area contributed by atoms with Crippen LogP contribution in [0.25, 0.3) is 22.6 Å². The Hall–Kier alpha value is -3.87. The lowest BCUT2D eigenvalue weighted by molar-refractivity contribution is -0.119. The van der Waals surface area contributed by atoms with E-state index in [1.54, 1.807) is 6.20 Å². The van der Waals surface area contributed by atoms with Crippen molar-refractivity contribution in [3.63, 3.8) is 0 Å². The van der Waals surface area contributed by atoms with Crippen molar-refractivity contribution in [2.24, 2.45) is 5.92 Å². The summed E-state index contributed by atoms with van der Waals surface area (Å²) in [6.07, 6.45) is 4.22. The molecule has 0 bridgehead atoms. The molecular weight excluding hydrogens is 430 g/mol. The summed E-state index contributed by atoms with van der Waals surface area (Å²) in [4.78, 5) is 20.4. The third-order valence-corrected chi connectivity index (χ3v) is 5.86. The molecular formula is C27H27N3O4. The van der Waals surface area contributed by atoms with Gasteiger partial charge in [0.15, 0.2) is 5.58 Å². The van der Waals surface area contributed by atoms with Gasteiger partial charge in [-0.15, -0.1) is 0 Å². The number of aryl methyl sites for hydroxylation is 1. The predicted molar refractivity (Wildman–Crippen MR) is 129 cm³/mol. The second-order valence-corrected chi connectivity index (χ2v) is 8.84. The van der Waals surface area contributed by atoms with Gasteiger partial charge in [-0.05, 0) is 68.0 Å². The molecule has 0 spiro atoms. The fraction of sp³-hybridized carbons (Fsp3) is 0.296. The summed E-state index contributed by atoms with van der Waals surface area (Å²) in [5, 5.41) is 2.88. The highest BCUT2D eigenvalue weighted by molar-refractivity contribution is 5.78. The Bertz CT molecular complexity index is 1340. The van der Waals surface area contributed by atoms with E-state index in [1.165, 1.54) is 19.8 Å². The first-order valence-corrected chi connectivity index (χ1v) is 11.5. The number of rotatable bonds is 8. The molecule has 5 rings (SSSR count). The molecule has 0 aliphatic heterocycles. The van der Waals surface area contributed by atoms with Crippen molar-refractivity contribution in [2.45, 2.75) is 39.7 Å². The smallest absolute Gasteiger partial charge is 0.229 e. The largest absolute Gasteiger partial charge is 0.493 e. The van der Waals surface area contributed by atoms with Crippen LogP contribution in [-0.2, 0) is 4.79 Å². The van der Waals surface area contributed by atoms with E-state index in [9.17, 15) is 4.79 Å². The number of amides is 1. The second-order valence-electron chi connectivity index (χ2n) is 8.84. The fourth-order valence-corrected chi connectivity index (χ4v) is 3.77. The Balaban J connectivity index is 1.33. The number of carbonyl (C=O) groups excluding carboxylic acids is 1. The van der Waals surface area contributed by atoms with Crippen LogP contribution in [0.1, 0.15) is 43.9 Å². The van der Waals surface area contributed by atoms with Crippen LogP contribution < -0.4 is 14.8 Å². The summed E-state index contributed by atoms with van der Waals surface area (Å²) < 4.78 is 17.8. The number of nitrogens with zero attached hydrogens (tertiary/aromatic N) is 2. The Kier molecular flexibility index (Phi) is 5.92. The van der Waals surface area contributed by atoms with E-state index >= 15 is 0 Å². The van der Waals surface area contributed by atoms with Crippen LogP contribution >= 0.6 is 0 Å². The van der Waals surface area contributed by atoms with Gasteiger partial charge < -0.3 is 19.2 Å². The summed E-state index contributed by atoms with van der Waals surface area (Å²) in [6, 6.07) is 15.1. The standard InChI is InChI=1S/C27H27N3O4/c1-16-11-26(33-22-6-4-5-21(13-22)32-15-19-7-8-19)28-14-23(16)27-30-24-10-9-20(12-25(24)34-27)17(2)29-18(3)31/h4-6,9-14,17,19H,7-8,15H2,1-3H3,(H,29,31). The van der Waals surface area contributed by atoms with Crippen molar-refractivity contribution in [3.8, 4) is 28.8 Å². The number of nitrogens with one attached hydrogen (secondary N) is 1. The molecule has 7 heteroatoms. The maximum absolute atomic E-state index is 11.4. The van der Waals surface area contributed by atoms with E-state index in [0.29, 0.717) is 29.0 Å². The molecule has 174 valence electrons. The number of ether oxygens (including phenoxy) is 2. The van der Waals surface area contributed by atoms with Gasteiger partial charge in [0.25, 0.3) is 0 Å². The number of fused-ring (bicyclic) bond motifs is 1. The molecule has 4 aromatic rings. The molecule has 34 heavy (non-hydrogen) atoms. The van der Waals surface area contributed by atoms with Crippen LogP contribution in [0.3, 0.4) is 0 Å². The minimum Gasteiger partial charge on any atom is -0.493 e. The van der Waals surface area contributed by atoms with Crippen LogP contribution in [0, 0.1) is 12.8 Å². The SMILES string of the molecule is CC(=O)NC(C)c1ccc2nc(-c3cnc(Oc4cccc(OCC5CC5)c4)cc3C)oc2c1. The molecule has 0 radical (unpaired) electrons. The van der Waals surface area contributed by atoms with Crippen LogP contribution in [0.4, 0.5) is 0 Å². The number of aromatic nitrogens is 2. The van der Waals surface area contributed by atoms with Crippen molar-refractivity contribution in [1.82, 2.24) is 15.3 Å². The number of benzene rings is 2. The Morgan fingerprint density at radius 1 is 1.18 bits per heavy atom. The molecule has 1 atom stereocenters. The van der Waals surface area contributed by atoms with Crippen molar-refractivity contribution < 1.29 is 18.7 Å². The molecule has 2 aromatic heterocycles. The fourth-order valence-electron chi connectivity index (χ4n) is 3.77. The Morgan fingerprint density at radius 2 is 2.00 bits per heavy atom. The second kappa shape index (κ2) is 9.17. The number of carbonyl (C=O) groups is 1. The molecule has 2 heterocycles. The summed E-state index contributed by atoms with van der Waals surface area (Å²) in [5.74, 6) is 3.08. The van der Waals surface area contributed by atoms with Crippen LogP contribution in [0.2, 0.25) is 0 Å². The van der Waals surface area contributed by atoms with Gasteiger partial charge in [-0.2, -0.15) is 0 Å². The van der Waals surface area contributed by atoms with Gasteiger partial charge in [0, 0.05) is 25.3 Å². The highest BCUT2D eigenvalue weighted by Crippen LogP contribution is 2.32. The monoisotopic (exact) mass is 457 g/mol. The predicted octanol–water partition coefficient (Wildman–Crippen LogP) is 5.98. The lowest BCUT2D eigenvalue weighted by Crippen LogP contribution is -2.23. The van der Waals surface area contributed by atoms with Gasteiger partial charge in [-0.25, -0.2) is 9.97 Å². The minimum atomic E-state index is -0.118. The van der Waals surface area contributed by atoms with Gasteiger partial charge in [-0.3, -0.25) is 4.79 Å². The van der Waals surface area contributed by atoms with Crippen molar-refractivity contribution in [2.75, 3.05) is 6.61 Å². The topological polar surface area (TPSA) is 86.5 Å². The van der Waals surface area contributed by atoms with E-state index in [0.717, 1.165) is 34.6 Å². The lowest BCUT2D eigenvalue weighted by Gasteiger charge is -2.12. The molecule has 1 aliphatic carbocycles. The van der Waals surface area contributed by atoms with Gasteiger partial charge in [-0.1, -0.05) is 12.1 Å². The number of hydrogen-bond acceptors (Lipinski definition) is 6. The molecule has 1 N–H and O–H groups in total. The van der Waals surface area contributed by atoms with E-state index in [2.05, 4.69) is 15.3 Å². The third-order valence-electron chi connectivity index (χ3n) is 5.86. The number of pyridine rings is 1. The molecule has 2 aromatic carbocycles. The van der Waals surface area contributed by atoms with Crippen LogP contribution in [0.15, 0.2) is 59.1 Å². The number of oxazole rings is 1. The van der Waals surface area contributed by atoms with Crippen LogP contribution in [-0.4, -0.2) is 22.5 Å². The quantitative estimate of drug-likeness (QED) is 0.350. The summed E-state index contributed by atoms with van der Waals surface area (Å²) >= 11 is 0. The van der Waals surface area contributed by atoms with Gasteiger partial charge in [0.1, 0.15) is 17.0 Å². The summed E-state index contributed by atoms with van der Waals surface area (Å²) in [6.45, 7) is 6.16. The van der Waals surface area contributed by atoms with Crippen LogP contribution in [0.5, 0.6) is 17.4 Å². The van der Waals surface area contributed by atoms with Crippen molar-refractivity contribution in [1.29, 1.82) is 0 Å². The molecule has 1 fully saturated rings. The highest BCUT2D eigenvalue weighted by Gasteiger charge is 2.22. The number of hydrogen-bond donors (Lipinski definition) is 1. The molecule has 1 saturated carbocycles. The van der Waals surface area contributed by atoms with Crippen molar-refractivity contribution in [3.05, 3.63) is 65.9 Å². The van der Waals surface area contributed by atoms with Gasteiger partial charge >= 0.3 is 0 Å². The molecule has 1 unspecified atom stereocenters. The molecule has 1 aliphatic rings. The Morgan fingerprint density at radius 3 is 2.76 bits per heavy atom. The average molecular weight is 458 g/mol. The first-order chi connectivity index (χ1) is 16.4. The highest BCUT2D eigenvalue weighted by atomic mass is 16.5. The Labute approximate surface area is 198 Å². The maximum atomic E-state index is 11.4.